The highest BCUT2D eigenvalue weighted by Gasteiger charge is 2.37. The fraction of sp³-hybridized carbons (Fsp3) is 0.542. The van der Waals surface area contributed by atoms with Crippen molar-refractivity contribution >= 4 is 27.6 Å². The number of ether oxygens (including phenoxy) is 4. The van der Waals surface area contributed by atoms with Crippen LogP contribution in [0.5, 0.6) is 11.6 Å². The van der Waals surface area contributed by atoms with E-state index in [-0.39, 0.29) is 31.1 Å². The van der Waals surface area contributed by atoms with Gasteiger partial charge in [0.2, 0.25) is 16.0 Å². The standard InChI is InChI=1S/C24H32ClN7O6S/c1-6-35-12-17-13-37-20-18(8-9-26-23(20)36-7-2)22-29-30-24(32(17)22)31-39(33,34)15(5)19(38-14(3)4)21-27-10-16(25)11-28-21/h8-11,14-15,17,19H,6-7,12-13H2,1-5H3,(H,30,31)/t15-,17-,19+/m0/s1. The number of hydrogen-bond donors (Lipinski definition) is 1. The predicted molar refractivity (Wildman–Crippen MR) is 143 cm³/mol. The molecule has 212 valence electrons. The molecule has 0 spiro atoms. The number of nitrogens with zero attached hydrogens (tertiary/aromatic N) is 6. The van der Waals surface area contributed by atoms with E-state index in [4.69, 9.17) is 30.5 Å². The van der Waals surface area contributed by atoms with E-state index in [1.54, 1.807) is 30.7 Å². The molecule has 0 saturated carbocycles. The van der Waals surface area contributed by atoms with Crippen LogP contribution in [-0.2, 0) is 19.5 Å². The van der Waals surface area contributed by atoms with Crippen molar-refractivity contribution in [2.24, 2.45) is 0 Å². The van der Waals surface area contributed by atoms with Crippen LogP contribution >= 0.6 is 11.6 Å². The molecule has 4 heterocycles. The number of rotatable bonds is 12. The lowest BCUT2D eigenvalue weighted by Crippen LogP contribution is -2.35. The van der Waals surface area contributed by atoms with Gasteiger partial charge in [-0.15, -0.1) is 10.2 Å². The van der Waals surface area contributed by atoms with Crippen LogP contribution in [-0.4, -0.2) is 75.9 Å². The summed E-state index contributed by atoms with van der Waals surface area (Å²) in [7, 11) is -4.10. The summed E-state index contributed by atoms with van der Waals surface area (Å²) >= 11 is 5.93. The van der Waals surface area contributed by atoms with Crippen LogP contribution in [0.15, 0.2) is 24.7 Å². The van der Waals surface area contributed by atoms with Crippen LogP contribution in [0.2, 0.25) is 5.02 Å². The van der Waals surface area contributed by atoms with Crippen LogP contribution in [0.1, 0.15) is 52.6 Å². The monoisotopic (exact) mass is 581 g/mol. The third-order valence-electron chi connectivity index (χ3n) is 5.85. The van der Waals surface area contributed by atoms with Gasteiger partial charge in [-0.25, -0.2) is 23.4 Å². The molecule has 0 radical (unpaired) electrons. The summed E-state index contributed by atoms with van der Waals surface area (Å²) in [5.74, 6) is 1.30. The second-order valence-corrected chi connectivity index (χ2v) is 11.5. The zero-order chi connectivity index (χ0) is 28.2. The van der Waals surface area contributed by atoms with Crippen molar-refractivity contribution < 1.29 is 27.4 Å². The molecule has 0 unspecified atom stereocenters. The number of sulfonamides is 1. The maximum absolute atomic E-state index is 13.7. The lowest BCUT2D eigenvalue weighted by molar-refractivity contribution is 0.00154. The summed E-state index contributed by atoms with van der Waals surface area (Å²) in [6.07, 6.45) is 3.09. The molecular weight excluding hydrogens is 550 g/mol. The molecule has 13 nitrogen and oxygen atoms in total. The molecule has 3 aromatic heterocycles. The first kappa shape index (κ1) is 28.9. The minimum absolute atomic E-state index is 0.00750. The summed E-state index contributed by atoms with van der Waals surface area (Å²) in [5.41, 5.74) is 0.564. The molecule has 1 N–H and O–H groups in total. The third kappa shape index (κ3) is 6.40. The zero-order valence-electron chi connectivity index (χ0n) is 22.4. The quantitative estimate of drug-likeness (QED) is 0.334. The van der Waals surface area contributed by atoms with Crippen molar-refractivity contribution in [1.82, 2.24) is 29.7 Å². The second-order valence-electron chi connectivity index (χ2n) is 8.98. The smallest absolute Gasteiger partial charge is 0.257 e. The van der Waals surface area contributed by atoms with E-state index in [2.05, 4.69) is 29.9 Å². The zero-order valence-corrected chi connectivity index (χ0v) is 23.9. The summed E-state index contributed by atoms with van der Waals surface area (Å²) in [5, 5.41) is 7.74. The van der Waals surface area contributed by atoms with Gasteiger partial charge in [0, 0.05) is 25.2 Å². The van der Waals surface area contributed by atoms with Gasteiger partial charge in [0.15, 0.2) is 17.4 Å². The van der Waals surface area contributed by atoms with Gasteiger partial charge in [-0.05, 0) is 40.7 Å². The number of fused-ring (bicyclic) bond motifs is 3. The third-order valence-corrected chi connectivity index (χ3v) is 7.74. The molecule has 0 aliphatic carbocycles. The molecule has 0 saturated heterocycles. The highest BCUT2D eigenvalue weighted by Crippen LogP contribution is 2.41. The Labute approximate surface area is 232 Å². The molecule has 0 fully saturated rings. The number of hydrogen-bond acceptors (Lipinski definition) is 11. The summed E-state index contributed by atoms with van der Waals surface area (Å²) in [4.78, 5) is 12.7. The summed E-state index contributed by atoms with van der Waals surface area (Å²) < 4.78 is 55.0. The molecule has 4 rings (SSSR count). The summed E-state index contributed by atoms with van der Waals surface area (Å²) in [6.45, 7) is 10.1. The largest absolute Gasteiger partial charge is 0.485 e. The first-order chi connectivity index (χ1) is 18.7. The van der Waals surface area contributed by atoms with E-state index in [0.29, 0.717) is 41.3 Å². The number of halogens is 1. The average molecular weight is 582 g/mol. The topological polar surface area (TPSA) is 152 Å². The Morgan fingerprint density at radius 3 is 2.56 bits per heavy atom. The first-order valence-electron chi connectivity index (χ1n) is 12.6. The van der Waals surface area contributed by atoms with E-state index >= 15 is 0 Å². The number of aromatic nitrogens is 6. The van der Waals surface area contributed by atoms with E-state index in [1.807, 2.05) is 13.8 Å². The van der Waals surface area contributed by atoms with Crippen molar-refractivity contribution in [3.8, 4) is 23.0 Å². The molecule has 0 bridgehead atoms. The molecule has 3 aromatic rings. The normalized spacial score (nSPS) is 16.5. The Morgan fingerprint density at radius 1 is 1.15 bits per heavy atom. The SMILES string of the molecule is CCOC[C@H]1COc2c(ccnc2OCC)-c2nnc(NS(=O)(=O)[C@@H](C)[C@@H](OC(C)C)c3ncc(Cl)cn3)n21. The van der Waals surface area contributed by atoms with Gasteiger partial charge in [-0.2, -0.15) is 0 Å². The van der Waals surface area contributed by atoms with Crippen LogP contribution < -0.4 is 14.2 Å². The van der Waals surface area contributed by atoms with E-state index < -0.39 is 27.4 Å². The van der Waals surface area contributed by atoms with Crippen LogP contribution in [0.3, 0.4) is 0 Å². The highest BCUT2D eigenvalue weighted by atomic mass is 35.5. The average Bonchev–Trinajstić information content (AvgIpc) is 3.22. The van der Waals surface area contributed by atoms with Crippen LogP contribution in [0.25, 0.3) is 11.4 Å². The van der Waals surface area contributed by atoms with Gasteiger partial charge in [-0.1, -0.05) is 11.6 Å². The van der Waals surface area contributed by atoms with E-state index in [1.165, 1.54) is 19.3 Å². The van der Waals surface area contributed by atoms with E-state index in [0.717, 1.165) is 0 Å². The van der Waals surface area contributed by atoms with Crippen molar-refractivity contribution in [2.75, 3.05) is 31.1 Å². The fourth-order valence-corrected chi connectivity index (χ4v) is 5.22. The van der Waals surface area contributed by atoms with E-state index in [9.17, 15) is 8.42 Å². The minimum atomic E-state index is -4.10. The van der Waals surface area contributed by atoms with Gasteiger partial charge >= 0.3 is 0 Å². The molecule has 1 aliphatic rings. The number of anilines is 1. The van der Waals surface area contributed by atoms with Crippen molar-refractivity contribution in [3.63, 3.8) is 0 Å². The second kappa shape index (κ2) is 12.4. The highest BCUT2D eigenvalue weighted by molar-refractivity contribution is 7.93. The van der Waals surface area contributed by atoms with Gasteiger partial charge in [-0.3, -0.25) is 9.29 Å². The Hall–Kier alpha value is -3.07. The maximum Gasteiger partial charge on any atom is 0.257 e. The molecule has 0 amide bonds. The Bertz CT molecular complexity index is 1370. The lowest BCUT2D eigenvalue weighted by atomic mass is 10.2. The Morgan fingerprint density at radius 2 is 1.90 bits per heavy atom. The van der Waals surface area contributed by atoms with Gasteiger partial charge in [0.1, 0.15) is 18.0 Å². The summed E-state index contributed by atoms with van der Waals surface area (Å²) in [6, 6.07) is 1.26. The van der Waals surface area contributed by atoms with Crippen LogP contribution in [0.4, 0.5) is 5.95 Å². The maximum atomic E-state index is 13.7. The molecule has 1 aliphatic heterocycles. The molecule has 3 atom stereocenters. The van der Waals surface area contributed by atoms with Crippen molar-refractivity contribution in [1.29, 1.82) is 0 Å². The fourth-order valence-electron chi connectivity index (χ4n) is 4.03. The molecule has 15 heteroatoms. The number of pyridine rings is 1. The van der Waals surface area contributed by atoms with Crippen LogP contribution in [0, 0.1) is 0 Å². The number of nitrogens with one attached hydrogen (secondary N) is 1. The minimum Gasteiger partial charge on any atom is -0.485 e. The predicted octanol–water partition coefficient (Wildman–Crippen LogP) is 3.45. The first-order valence-corrected chi connectivity index (χ1v) is 14.5. The van der Waals surface area contributed by atoms with Crippen molar-refractivity contribution in [2.45, 2.75) is 58.1 Å². The van der Waals surface area contributed by atoms with Crippen molar-refractivity contribution in [3.05, 3.63) is 35.5 Å². The van der Waals surface area contributed by atoms with Gasteiger partial charge in [0.25, 0.3) is 5.88 Å². The molecule has 0 aromatic carbocycles. The Balaban J connectivity index is 1.73. The van der Waals surface area contributed by atoms with Gasteiger partial charge in [0.05, 0.1) is 35.9 Å². The molecular formula is C24H32ClN7O6S. The molecule has 39 heavy (non-hydrogen) atoms. The Kier molecular flexibility index (Phi) is 9.20. The van der Waals surface area contributed by atoms with Gasteiger partial charge < -0.3 is 18.9 Å². The lowest BCUT2D eigenvalue weighted by Gasteiger charge is -2.26.